The van der Waals surface area contributed by atoms with Crippen molar-refractivity contribution >= 4 is 17.4 Å². The number of nitrogens with one attached hydrogen (secondary N) is 1. The molecule has 1 N–H and O–H groups in total. The fraction of sp³-hybridized carbons (Fsp3) is 0.250. The number of hydrogen-bond acceptors (Lipinski definition) is 5. The second-order valence-electron chi connectivity index (χ2n) is 8.45. The van der Waals surface area contributed by atoms with E-state index < -0.39 is 0 Å². The molecule has 4 rings (SSSR count). The highest BCUT2D eigenvalue weighted by molar-refractivity contribution is 6.06. The molecule has 31 heavy (non-hydrogen) atoms. The Morgan fingerprint density at radius 1 is 1.06 bits per heavy atom. The average molecular weight is 415 g/mol. The van der Waals surface area contributed by atoms with Gasteiger partial charge in [-0.25, -0.2) is 15.0 Å². The fourth-order valence-corrected chi connectivity index (χ4v) is 3.36. The summed E-state index contributed by atoms with van der Waals surface area (Å²) in [7, 11) is 1.58. The van der Waals surface area contributed by atoms with Crippen molar-refractivity contribution in [2.75, 3.05) is 12.4 Å². The van der Waals surface area contributed by atoms with Crippen LogP contribution in [0.2, 0.25) is 0 Å². The Kier molecular flexibility index (Phi) is 5.19. The second kappa shape index (κ2) is 7.83. The molecule has 0 radical (unpaired) electrons. The Bertz CT molecular complexity index is 1250. The quantitative estimate of drug-likeness (QED) is 0.524. The maximum atomic E-state index is 13.0. The maximum absolute atomic E-state index is 13.0. The molecule has 0 aliphatic heterocycles. The number of imidazole rings is 1. The topological polar surface area (TPSA) is 81.4 Å². The largest absolute Gasteiger partial charge is 0.481 e. The van der Waals surface area contributed by atoms with E-state index in [1.807, 2.05) is 48.0 Å². The number of anilines is 1. The van der Waals surface area contributed by atoms with Gasteiger partial charge < -0.3 is 10.1 Å². The molecular formula is C24H25N5O2. The predicted octanol–water partition coefficient (Wildman–Crippen LogP) is 4.66. The van der Waals surface area contributed by atoms with E-state index in [-0.39, 0.29) is 11.3 Å². The molecule has 0 fully saturated rings. The van der Waals surface area contributed by atoms with E-state index in [1.165, 1.54) is 0 Å². The third-order valence-electron chi connectivity index (χ3n) is 5.17. The van der Waals surface area contributed by atoms with E-state index in [0.29, 0.717) is 22.9 Å². The predicted molar refractivity (Wildman–Crippen MR) is 121 cm³/mol. The van der Waals surface area contributed by atoms with E-state index in [9.17, 15) is 4.79 Å². The van der Waals surface area contributed by atoms with Crippen LogP contribution in [-0.2, 0) is 5.41 Å². The number of rotatable bonds is 4. The van der Waals surface area contributed by atoms with E-state index in [4.69, 9.17) is 4.74 Å². The third-order valence-corrected chi connectivity index (χ3v) is 5.17. The fourth-order valence-electron chi connectivity index (χ4n) is 3.36. The lowest BCUT2D eigenvalue weighted by atomic mass is 9.93. The minimum atomic E-state index is -0.196. The van der Waals surface area contributed by atoms with Crippen LogP contribution >= 0.6 is 0 Å². The van der Waals surface area contributed by atoms with Gasteiger partial charge in [0.2, 0.25) is 11.7 Å². The zero-order valence-corrected chi connectivity index (χ0v) is 18.3. The molecule has 0 spiro atoms. The smallest absolute Gasteiger partial charge is 0.256 e. The molecule has 3 heterocycles. The maximum Gasteiger partial charge on any atom is 0.256 e. The zero-order chi connectivity index (χ0) is 22.2. The lowest BCUT2D eigenvalue weighted by molar-refractivity contribution is 0.102. The summed E-state index contributed by atoms with van der Waals surface area (Å²) in [6.07, 6.45) is 7.14. The Labute approximate surface area is 181 Å². The lowest BCUT2D eigenvalue weighted by Crippen LogP contribution is -2.14. The van der Waals surface area contributed by atoms with Crippen LogP contribution in [0.5, 0.6) is 5.88 Å². The van der Waals surface area contributed by atoms with E-state index >= 15 is 0 Å². The van der Waals surface area contributed by atoms with Crippen LogP contribution in [0.3, 0.4) is 0 Å². The summed E-state index contributed by atoms with van der Waals surface area (Å²) in [6.45, 7) is 8.24. The van der Waals surface area contributed by atoms with Crippen LogP contribution in [0, 0.1) is 6.92 Å². The van der Waals surface area contributed by atoms with Gasteiger partial charge in [-0.1, -0.05) is 32.9 Å². The second-order valence-corrected chi connectivity index (χ2v) is 8.45. The standard InChI is InChI=1S/C24H25N5O2/c1-15-18(16-9-10-21(31-5)25-11-16)7-6-8-19(15)22(30)27-17-12-26-23-28-20(24(2,3)4)14-29(23)13-17/h6-14H,1-5H3,(H,27,30). The Morgan fingerprint density at radius 3 is 2.55 bits per heavy atom. The van der Waals surface area contributed by atoms with Crippen LogP contribution in [0.4, 0.5) is 5.69 Å². The van der Waals surface area contributed by atoms with E-state index in [1.54, 1.807) is 25.6 Å². The molecule has 0 aliphatic carbocycles. The number of ether oxygens (including phenoxy) is 1. The van der Waals surface area contributed by atoms with Crippen molar-refractivity contribution in [2.45, 2.75) is 33.1 Å². The number of methoxy groups -OCH3 is 1. The number of nitrogens with zero attached hydrogens (tertiary/aromatic N) is 4. The van der Waals surface area contributed by atoms with Crippen molar-refractivity contribution < 1.29 is 9.53 Å². The van der Waals surface area contributed by atoms with Gasteiger partial charge in [0.05, 0.1) is 24.7 Å². The van der Waals surface area contributed by atoms with Crippen molar-refractivity contribution in [3.8, 4) is 17.0 Å². The molecule has 0 saturated carbocycles. The minimum absolute atomic E-state index is 0.0784. The molecule has 1 aromatic carbocycles. The van der Waals surface area contributed by atoms with Gasteiger partial charge in [0.15, 0.2) is 0 Å². The molecule has 0 atom stereocenters. The Morgan fingerprint density at radius 2 is 1.87 bits per heavy atom. The number of amides is 1. The summed E-state index contributed by atoms with van der Waals surface area (Å²) in [4.78, 5) is 26.2. The summed E-state index contributed by atoms with van der Waals surface area (Å²) in [5.74, 6) is 0.957. The highest BCUT2D eigenvalue weighted by Gasteiger charge is 2.19. The molecule has 4 aromatic rings. The molecular weight excluding hydrogens is 390 g/mol. The first-order chi connectivity index (χ1) is 14.8. The van der Waals surface area contributed by atoms with Crippen molar-refractivity contribution in [3.63, 3.8) is 0 Å². The van der Waals surface area contributed by atoms with Crippen LogP contribution in [-0.4, -0.2) is 32.4 Å². The lowest BCUT2D eigenvalue weighted by Gasteiger charge is -2.13. The summed E-state index contributed by atoms with van der Waals surface area (Å²) in [5, 5.41) is 2.95. The molecule has 3 aromatic heterocycles. The van der Waals surface area contributed by atoms with Gasteiger partial charge in [-0.3, -0.25) is 9.20 Å². The molecule has 0 aliphatic rings. The average Bonchev–Trinajstić information content (AvgIpc) is 3.18. The van der Waals surface area contributed by atoms with Crippen LogP contribution in [0.1, 0.15) is 42.4 Å². The number of carbonyl (C=O) groups excluding carboxylic acids is 1. The molecule has 7 heteroatoms. The molecule has 0 bridgehead atoms. The van der Waals surface area contributed by atoms with Gasteiger partial charge in [-0.15, -0.1) is 0 Å². The Hall–Kier alpha value is -3.74. The molecule has 158 valence electrons. The molecule has 0 unspecified atom stereocenters. The van der Waals surface area contributed by atoms with Gasteiger partial charge >= 0.3 is 0 Å². The van der Waals surface area contributed by atoms with Crippen molar-refractivity contribution in [2.24, 2.45) is 0 Å². The third kappa shape index (κ3) is 4.12. The number of fused-ring (bicyclic) bond motifs is 1. The first-order valence-electron chi connectivity index (χ1n) is 10.0. The molecule has 1 amide bonds. The van der Waals surface area contributed by atoms with Crippen LogP contribution in [0.25, 0.3) is 16.9 Å². The van der Waals surface area contributed by atoms with Crippen LogP contribution in [0.15, 0.2) is 55.1 Å². The number of hydrogen-bond donors (Lipinski definition) is 1. The van der Waals surface area contributed by atoms with Crippen LogP contribution < -0.4 is 10.1 Å². The number of benzene rings is 1. The summed E-state index contributed by atoms with van der Waals surface area (Å²) < 4.78 is 6.96. The van der Waals surface area contributed by atoms with Crippen molar-refractivity contribution in [1.29, 1.82) is 0 Å². The van der Waals surface area contributed by atoms with Gasteiger partial charge in [0.1, 0.15) is 0 Å². The number of carbonyl (C=O) groups is 1. The summed E-state index contributed by atoms with van der Waals surface area (Å²) in [6, 6.07) is 9.39. The highest BCUT2D eigenvalue weighted by atomic mass is 16.5. The zero-order valence-electron chi connectivity index (χ0n) is 18.3. The van der Waals surface area contributed by atoms with Crippen molar-refractivity contribution in [3.05, 3.63) is 71.9 Å². The SMILES string of the molecule is COc1ccc(-c2cccc(C(=O)Nc3cnc4nc(C(C)(C)C)cn4c3)c2C)cn1. The Balaban J connectivity index is 1.61. The summed E-state index contributed by atoms with van der Waals surface area (Å²) in [5.41, 5.74) is 4.80. The van der Waals surface area contributed by atoms with E-state index in [2.05, 4.69) is 41.0 Å². The first-order valence-corrected chi connectivity index (χ1v) is 10.0. The highest BCUT2D eigenvalue weighted by Crippen LogP contribution is 2.27. The number of aromatic nitrogens is 4. The van der Waals surface area contributed by atoms with Gasteiger partial charge in [-0.2, -0.15) is 0 Å². The van der Waals surface area contributed by atoms with Gasteiger partial charge in [0.25, 0.3) is 5.91 Å². The van der Waals surface area contributed by atoms with Crippen molar-refractivity contribution in [1.82, 2.24) is 19.4 Å². The molecule has 7 nitrogen and oxygen atoms in total. The normalized spacial score (nSPS) is 11.5. The summed E-state index contributed by atoms with van der Waals surface area (Å²) >= 11 is 0. The number of pyridine rings is 1. The van der Waals surface area contributed by atoms with E-state index in [0.717, 1.165) is 22.4 Å². The van der Waals surface area contributed by atoms with Gasteiger partial charge in [0, 0.05) is 41.2 Å². The minimum Gasteiger partial charge on any atom is -0.481 e. The first kappa shape index (κ1) is 20.5. The van der Waals surface area contributed by atoms with Gasteiger partial charge in [-0.05, 0) is 30.2 Å². The monoisotopic (exact) mass is 415 g/mol. The molecule has 0 saturated heterocycles.